The Kier molecular flexibility index (Phi) is 3.65. The van der Waals surface area contributed by atoms with Crippen molar-refractivity contribution >= 4 is 33.2 Å². The van der Waals surface area contributed by atoms with Crippen LogP contribution in [0, 0.1) is 6.92 Å². The third kappa shape index (κ3) is 2.52. The van der Waals surface area contributed by atoms with Crippen LogP contribution in [0.3, 0.4) is 0 Å². The monoisotopic (exact) mass is 363 g/mol. The van der Waals surface area contributed by atoms with Crippen LogP contribution in [0.25, 0.3) is 17.1 Å². The fraction of sp³-hybridized carbons (Fsp3) is 0.0714. The maximum absolute atomic E-state index is 6.05. The Bertz CT molecular complexity index is 798. The highest BCUT2D eigenvalue weighted by Gasteiger charge is 2.16. The van der Waals surface area contributed by atoms with Crippen LogP contribution in [-0.4, -0.2) is 20.2 Å². The summed E-state index contributed by atoms with van der Waals surface area (Å²) in [6, 6.07) is 11.1. The largest absolute Gasteiger partial charge is 0.398 e. The molecule has 0 unspecified atom stereocenters. The molecule has 0 fully saturated rings. The second kappa shape index (κ2) is 5.46. The lowest BCUT2D eigenvalue weighted by molar-refractivity contribution is 0.788. The maximum atomic E-state index is 6.05. The zero-order chi connectivity index (χ0) is 15.0. The van der Waals surface area contributed by atoms with Crippen LogP contribution in [0.5, 0.6) is 0 Å². The molecule has 1 aromatic heterocycles. The third-order valence-corrected chi connectivity index (χ3v) is 4.39. The van der Waals surface area contributed by atoms with Crippen molar-refractivity contribution in [3.05, 3.63) is 51.5 Å². The molecule has 2 aromatic carbocycles. The summed E-state index contributed by atoms with van der Waals surface area (Å²) in [5.74, 6) is 0.543. The molecule has 106 valence electrons. The van der Waals surface area contributed by atoms with Gasteiger partial charge in [-0.2, -0.15) is 4.68 Å². The van der Waals surface area contributed by atoms with Crippen molar-refractivity contribution in [3.8, 4) is 17.1 Å². The first-order valence-corrected chi connectivity index (χ1v) is 7.34. The summed E-state index contributed by atoms with van der Waals surface area (Å²) in [5, 5.41) is 12.5. The van der Waals surface area contributed by atoms with Crippen molar-refractivity contribution in [1.82, 2.24) is 20.2 Å². The van der Waals surface area contributed by atoms with Crippen LogP contribution in [0.1, 0.15) is 5.56 Å². The van der Waals surface area contributed by atoms with Crippen LogP contribution >= 0.6 is 27.5 Å². The highest BCUT2D eigenvalue weighted by Crippen LogP contribution is 2.31. The Morgan fingerprint density at radius 3 is 2.86 bits per heavy atom. The van der Waals surface area contributed by atoms with Gasteiger partial charge in [-0.05, 0) is 63.1 Å². The first-order chi connectivity index (χ1) is 10.1. The van der Waals surface area contributed by atoms with Crippen LogP contribution in [0.2, 0.25) is 5.02 Å². The lowest BCUT2D eigenvalue weighted by atomic mass is 10.1. The molecule has 0 aliphatic carbocycles. The summed E-state index contributed by atoms with van der Waals surface area (Å²) >= 11 is 9.61. The SMILES string of the molecule is Cc1cccc(-n2nnnc2-c2cc(Cl)ccc2N)c1Br. The lowest BCUT2D eigenvalue weighted by Crippen LogP contribution is -2.03. The van der Waals surface area contributed by atoms with E-state index in [1.807, 2.05) is 25.1 Å². The van der Waals surface area contributed by atoms with Gasteiger partial charge in [0.15, 0.2) is 5.82 Å². The second-order valence-corrected chi connectivity index (χ2v) is 5.78. The molecule has 0 saturated heterocycles. The number of aromatic nitrogens is 4. The minimum atomic E-state index is 0.543. The van der Waals surface area contributed by atoms with E-state index in [0.717, 1.165) is 15.7 Å². The molecule has 3 rings (SSSR count). The van der Waals surface area contributed by atoms with Crippen LogP contribution in [0.15, 0.2) is 40.9 Å². The smallest absolute Gasteiger partial charge is 0.189 e. The Morgan fingerprint density at radius 2 is 2.05 bits per heavy atom. The zero-order valence-electron chi connectivity index (χ0n) is 11.1. The summed E-state index contributed by atoms with van der Waals surface area (Å²) < 4.78 is 2.57. The van der Waals surface area contributed by atoms with Gasteiger partial charge in [0.1, 0.15) is 0 Å². The van der Waals surface area contributed by atoms with Crippen molar-refractivity contribution in [3.63, 3.8) is 0 Å². The van der Waals surface area contributed by atoms with Crippen LogP contribution < -0.4 is 5.73 Å². The second-order valence-electron chi connectivity index (χ2n) is 4.55. The molecule has 0 saturated carbocycles. The van der Waals surface area contributed by atoms with Gasteiger partial charge in [0, 0.05) is 20.7 Å². The lowest BCUT2D eigenvalue weighted by Gasteiger charge is -2.10. The Hall–Kier alpha value is -1.92. The maximum Gasteiger partial charge on any atom is 0.189 e. The summed E-state index contributed by atoms with van der Waals surface area (Å²) in [4.78, 5) is 0. The number of aryl methyl sites for hydroxylation is 1. The molecule has 2 N–H and O–H groups in total. The number of hydrogen-bond donors (Lipinski definition) is 1. The quantitative estimate of drug-likeness (QED) is 0.705. The number of nitrogens with two attached hydrogens (primary N) is 1. The fourth-order valence-electron chi connectivity index (χ4n) is 2.03. The highest BCUT2D eigenvalue weighted by atomic mass is 79.9. The molecule has 3 aromatic rings. The zero-order valence-corrected chi connectivity index (χ0v) is 13.4. The topological polar surface area (TPSA) is 69.6 Å². The normalized spacial score (nSPS) is 10.8. The van der Waals surface area contributed by atoms with E-state index in [9.17, 15) is 0 Å². The van der Waals surface area contributed by atoms with Gasteiger partial charge in [-0.25, -0.2) is 0 Å². The van der Waals surface area contributed by atoms with Gasteiger partial charge in [0.25, 0.3) is 0 Å². The summed E-state index contributed by atoms with van der Waals surface area (Å²) in [6.45, 7) is 2.01. The molecule has 0 radical (unpaired) electrons. The number of tetrazole rings is 1. The van der Waals surface area contributed by atoms with Gasteiger partial charge in [-0.1, -0.05) is 23.7 Å². The van der Waals surface area contributed by atoms with E-state index in [2.05, 4.69) is 31.5 Å². The minimum absolute atomic E-state index is 0.543. The number of nitrogens with zero attached hydrogens (tertiary/aromatic N) is 4. The molecular weight excluding hydrogens is 354 g/mol. The average Bonchev–Trinajstić information content (AvgIpc) is 2.93. The number of nitrogen functional groups attached to an aromatic ring is 1. The molecule has 7 heteroatoms. The molecule has 5 nitrogen and oxygen atoms in total. The third-order valence-electron chi connectivity index (χ3n) is 3.13. The predicted octanol–water partition coefficient (Wildman–Crippen LogP) is 3.64. The summed E-state index contributed by atoms with van der Waals surface area (Å²) in [5.41, 5.74) is 9.21. The van der Waals surface area contributed by atoms with Crippen molar-refractivity contribution in [2.24, 2.45) is 0 Å². The van der Waals surface area contributed by atoms with Gasteiger partial charge in [0.2, 0.25) is 0 Å². The van der Waals surface area contributed by atoms with E-state index in [-0.39, 0.29) is 0 Å². The van der Waals surface area contributed by atoms with Crippen molar-refractivity contribution in [2.45, 2.75) is 6.92 Å². The van der Waals surface area contributed by atoms with Crippen molar-refractivity contribution in [2.75, 3.05) is 5.73 Å². The van der Waals surface area contributed by atoms with E-state index in [1.54, 1.807) is 22.9 Å². The fourth-order valence-corrected chi connectivity index (χ4v) is 2.64. The molecule has 21 heavy (non-hydrogen) atoms. The van der Waals surface area contributed by atoms with Gasteiger partial charge in [0.05, 0.1) is 5.69 Å². The van der Waals surface area contributed by atoms with Crippen LogP contribution in [-0.2, 0) is 0 Å². The number of rotatable bonds is 2. The Labute approximate surface area is 134 Å². The number of halogens is 2. The molecule has 0 aliphatic heterocycles. The molecule has 0 amide bonds. The van der Waals surface area contributed by atoms with Gasteiger partial charge >= 0.3 is 0 Å². The van der Waals surface area contributed by atoms with Crippen molar-refractivity contribution in [1.29, 1.82) is 0 Å². The van der Waals surface area contributed by atoms with Crippen molar-refractivity contribution < 1.29 is 0 Å². The number of anilines is 1. The van der Waals surface area contributed by atoms with E-state index >= 15 is 0 Å². The number of benzene rings is 2. The van der Waals surface area contributed by atoms with Gasteiger partial charge in [-0.3, -0.25) is 0 Å². The summed E-state index contributed by atoms with van der Waals surface area (Å²) in [6.07, 6.45) is 0. The van der Waals surface area contributed by atoms with Gasteiger partial charge in [-0.15, -0.1) is 5.10 Å². The van der Waals surface area contributed by atoms with E-state index < -0.39 is 0 Å². The minimum Gasteiger partial charge on any atom is -0.398 e. The average molecular weight is 365 g/mol. The first kappa shape index (κ1) is 14.0. The Morgan fingerprint density at radius 1 is 1.24 bits per heavy atom. The molecule has 1 heterocycles. The standard InChI is InChI=1S/C14H11BrClN5/c1-8-3-2-4-12(13(8)15)21-14(18-19-20-21)10-7-9(16)5-6-11(10)17/h2-7H,17H2,1H3. The Balaban J connectivity index is 2.22. The molecular formula is C14H11BrClN5. The van der Waals surface area contributed by atoms with Crippen LogP contribution in [0.4, 0.5) is 5.69 Å². The molecule has 0 aliphatic rings. The predicted molar refractivity (Wildman–Crippen MR) is 86.4 cm³/mol. The summed E-state index contributed by atoms with van der Waals surface area (Å²) in [7, 11) is 0. The van der Waals surface area contributed by atoms with E-state index in [4.69, 9.17) is 17.3 Å². The first-order valence-electron chi connectivity index (χ1n) is 6.17. The molecule has 0 bridgehead atoms. The molecule has 0 atom stereocenters. The van der Waals surface area contributed by atoms with E-state index in [0.29, 0.717) is 22.1 Å². The molecule has 0 spiro atoms. The van der Waals surface area contributed by atoms with E-state index in [1.165, 1.54) is 0 Å². The highest BCUT2D eigenvalue weighted by molar-refractivity contribution is 9.10. The number of hydrogen-bond acceptors (Lipinski definition) is 4. The van der Waals surface area contributed by atoms with Gasteiger partial charge < -0.3 is 5.73 Å².